The van der Waals surface area contributed by atoms with Crippen molar-refractivity contribution in [3.8, 4) is 11.4 Å². The lowest BCUT2D eigenvalue weighted by Crippen LogP contribution is -2.16. The maximum absolute atomic E-state index is 12.6. The maximum atomic E-state index is 12.6. The SMILES string of the molecule is COC(=O)c1sc(NC(=O)CSc2nnc(-c3csc(C)c3C)n2C)c(C(=O)OC)c1C. The summed E-state index contributed by atoms with van der Waals surface area (Å²) in [5.41, 5.74) is 2.71. The zero-order chi connectivity index (χ0) is 23.6. The minimum Gasteiger partial charge on any atom is -0.465 e. The fraction of sp³-hybridized carbons (Fsp3) is 0.350. The van der Waals surface area contributed by atoms with Gasteiger partial charge in [-0.3, -0.25) is 4.79 Å². The van der Waals surface area contributed by atoms with Gasteiger partial charge in [-0.05, 0) is 31.9 Å². The minimum atomic E-state index is -0.642. The summed E-state index contributed by atoms with van der Waals surface area (Å²) >= 11 is 3.85. The van der Waals surface area contributed by atoms with Gasteiger partial charge in [0.15, 0.2) is 11.0 Å². The van der Waals surface area contributed by atoms with E-state index >= 15 is 0 Å². The van der Waals surface area contributed by atoms with Crippen molar-refractivity contribution >= 4 is 57.3 Å². The molecule has 0 atom stereocenters. The van der Waals surface area contributed by atoms with Gasteiger partial charge in [0.25, 0.3) is 0 Å². The van der Waals surface area contributed by atoms with Crippen LogP contribution in [0.1, 0.15) is 36.0 Å². The Morgan fingerprint density at radius 2 is 1.78 bits per heavy atom. The number of esters is 2. The van der Waals surface area contributed by atoms with Gasteiger partial charge in [-0.25, -0.2) is 9.59 Å². The number of nitrogens with one attached hydrogen (secondary N) is 1. The van der Waals surface area contributed by atoms with Crippen LogP contribution >= 0.6 is 34.4 Å². The molecule has 0 saturated heterocycles. The summed E-state index contributed by atoms with van der Waals surface area (Å²) in [6.07, 6.45) is 0. The summed E-state index contributed by atoms with van der Waals surface area (Å²) < 4.78 is 11.4. The molecule has 0 aliphatic rings. The normalized spacial score (nSPS) is 10.8. The average molecular weight is 495 g/mol. The number of thiophene rings is 2. The first-order chi connectivity index (χ1) is 15.2. The van der Waals surface area contributed by atoms with Crippen LogP contribution in [-0.4, -0.2) is 52.6 Å². The molecule has 0 aromatic carbocycles. The first kappa shape index (κ1) is 24.0. The second-order valence-electron chi connectivity index (χ2n) is 6.78. The molecule has 3 aromatic rings. The fourth-order valence-corrected chi connectivity index (χ4v) is 5.64. The lowest BCUT2D eigenvalue weighted by molar-refractivity contribution is -0.113. The quantitative estimate of drug-likeness (QED) is 0.389. The molecule has 12 heteroatoms. The number of aromatic nitrogens is 3. The number of carbonyl (C=O) groups excluding carboxylic acids is 3. The van der Waals surface area contributed by atoms with E-state index in [1.54, 1.807) is 18.3 Å². The van der Waals surface area contributed by atoms with Gasteiger partial charge in [-0.2, -0.15) is 0 Å². The molecule has 0 unspecified atom stereocenters. The lowest BCUT2D eigenvalue weighted by Gasteiger charge is -2.06. The Morgan fingerprint density at radius 3 is 2.38 bits per heavy atom. The molecule has 0 aliphatic heterocycles. The van der Waals surface area contributed by atoms with Crippen LogP contribution in [0.2, 0.25) is 0 Å². The zero-order valence-electron chi connectivity index (χ0n) is 18.4. The molecule has 9 nitrogen and oxygen atoms in total. The van der Waals surface area contributed by atoms with Crippen LogP contribution in [0.4, 0.5) is 5.00 Å². The molecular formula is C20H22N4O5S3. The number of thioether (sulfide) groups is 1. The Hall–Kier alpha value is -2.70. The van der Waals surface area contributed by atoms with Gasteiger partial charge in [0.05, 0.1) is 25.5 Å². The van der Waals surface area contributed by atoms with E-state index in [9.17, 15) is 14.4 Å². The number of rotatable bonds is 7. The molecule has 1 amide bonds. The Kier molecular flexibility index (Phi) is 7.36. The van der Waals surface area contributed by atoms with E-state index in [1.165, 1.54) is 30.9 Å². The van der Waals surface area contributed by atoms with Gasteiger partial charge in [0.2, 0.25) is 5.91 Å². The van der Waals surface area contributed by atoms with Gasteiger partial charge in [-0.15, -0.1) is 32.9 Å². The number of carbonyl (C=O) groups is 3. The summed E-state index contributed by atoms with van der Waals surface area (Å²) in [6.45, 7) is 5.70. The molecule has 0 spiro atoms. The molecule has 0 aliphatic carbocycles. The van der Waals surface area contributed by atoms with Crippen LogP contribution in [0.15, 0.2) is 10.5 Å². The third-order valence-electron chi connectivity index (χ3n) is 4.85. The van der Waals surface area contributed by atoms with E-state index in [-0.39, 0.29) is 27.1 Å². The van der Waals surface area contributed by atoms with Crippen LogP contribution in [0.5, 0.6) is 0 Å². The molecule has 3 heterocycles. The standard InChI is InChI=1S/C20H22N4O5S3/c1-9-11(3)30-7-12(9)16-22-23-20(24(16)4)31-8-13(25)21-17-14(18(26)28-5)10(2)15(32-17)19(27)29-6/h7H,8H2,1-6H3,(H,21,25). The highest BCUT2D eigenvalue weighted by atomic mass is 32.2. The largest absolute Gasteiger partial charge is 0.465 e. The zero-order valence-corrected chi connectivity index (χ0v) is 20.8. The van der Waals surface area contributed by atoms with Crippen LogP contribution < -0.4 is 5.32 Å². The van der Waals surface area contributed by atoms with E-state index < -0.39 is 11.9 Å². The number of hydrogen-bond donors (Lipinski definition) is 1. The van der Waals surface area contributed by atoms with E-state index in [4.69, 9.17) is 9.47 Å². The van der Waals surface area contributed by atoms with Crippen LogP contribution in [-0.2, 0) is 21.3 Å². The van der Waals surface area contributed by atoms with Crippen molar-refractivity contribution in [3.05, 3.63) is 31.8 Å². The molecule has 0 radical (unpaired) electrons. The molecule has 32 heavy (non-hydrogen) atoms. The number of amides is 1. The Balaban J connectivity index is 1.75. The van der Waals surface area contributed by atoms with Gasteiger partial charge < -0.3 is 19.4 Å². The van der Waals surface area contributed by atoms with Crippen molar-refractivity contribution in [2.45, 2.75) is 25.9 Å². The number of nitrogens with zero attached hydrogens (tertiary/aromatic N) is 3. The van der Waals surface area contributed by atoms with Crippen molar-refractivity contribution in [1.82, 2.24) is 14.8 Å². The first-order valence-electron chi connectivity index (χ1n) is 9.36. The first-order valence-corrected chi connectivity index (χ1v) is 12.0. The Labute approximate surface area is 197 Å². The third kappa shape index (κ3) is 4.57. The molecule has 1 N–H and O–H groups in total. The third-order valence-corrected chi connectivity index (χ3v) is 8.07. The average Bonchev–Trinajstić information content (AvgIpc) is 3.41. The van der Waals surface area contributed by atoms with E-state index in [0.717, 1.165) is 28.3 Å². The van der Waals surface area contributed by atoms with Crippen molar-refractivity contribution in [1.29, 1.82) is 0 Å². The predicted octanol–water partition coefficient (Wildman–Crippen LogP) is 3.83. The number of aryl methyl sites for hydroxylation is 1. The predicted molar refractivity (Wildman–Crippen MR) is 125 cm³/mol. The Morgan fingerprint density at radius 1 is 1.09 bits per heavy atom. The van der Waals surface area contributed by atoms with E-state index in [1.807, 2.05) is 23.9 Å². The van der Waals surface area contributed by atoms with Crippen LogP contribution in [0.3, 0.4) is 0 Å². The van der Waals surface area contributed by atoms with Gasteiger partial charge >= 0.3 is 11.9 Å². The summed E-state index contributed by atoms with van der Waals surface area (Å²) in [6, 6.07) is 0. The van der Waals surface area contributed by atoms with Crippen molar-refractivity contribution in [2.24, 2.45) is 7.05 Å². The molecule has 0 saturated carbocycles. The summed E-state index contributed by atoms with van der Waals surface area (Å²) in [5.74, 6) is -0.808. The molecule has 0 bridgehead atoms. The van der Waals surface area contributed by atoms with Gasteiger partial charge in [0.1, 0.15) is 9.88 Å². The topological polar surface area (TPSA) is 112 Å². The molecule has 170 valence electrons. The molecule has 0 fully saturated rings. The molecule has 3 aromatic heterocycles. The minimum absolute atomic E-state index is 0.0404. The molecule has 3 rings (SSSR count). The monoisotopic (exact) mass is 494 g/mol. The van der Waals surface area contributed by atoms with Gasteiger partial charge in [0, 0.05) is 22.9 Å². The highest BCUT2D eigenvalue weighted by Crippen LogP contribution is 2.35. The Bertz CT molecular complexity index is 1190. The van der Waals surface area contributed by atoms with Crippen molar-refractivity contribution in [3.63, 3.8) is 0 Å². The van der Waals surface area contributed by atoms with Gasteiger partial charge in [-0.1, -0.05) is 11.8 Å². The van der Waals surface area contributed by atoms with Crippen LogP contribution in [0.25, 0.3) is 11.4 Å². The number of ether oxygens (including phenoxy) is 2. The number of anilines is 1. The van der Waals surface area contributed by atoms with E-state index in [0.29, 0.717) is 10.7 Å². The highest BCUT2D eigenvalue weighted by molar-refractivity contribution is 7.99. The second-order valence-corrected chi connectivity index (χ2v) is 9.82. The second kappa shape index (κ2) is 9.84. The summed E-state index contributed by atoms with van der Waals surface area (Å²) in [7, 11) is 4.34. The summed E-state index contributed by atoms with van der Waals surface area (Å²) in [5, 5.41) is 14.0. The van der Waals surface area contributed by atoms with Crippen molar-refractivity contribution < 1.29 is 23.9 Å². The number of hydrogen-bond acceptors (Lipinski definition) is 10. The highest BCUT2D eigenvalue weighted by Gasteiger charge is 2.27. The smallest absolute Gasteiger partial charge is 0.348 e. The van der Waals surface area contributed by atoms with Crippen molar-refractivity contribution in [2.75, 3.05) is 25.3 Å². The lowest BCUT2D eigenvalue weighted by atomic mass is 10.1. The molecular weight excluding hydrogens is 472 g/mol. The number of methoxy groups -OCH3 is 2. The fourth-order valence-electron chi connectivity index (χ4n) is 2.94. The summed E-state index contributed by atoms with van der Waals surface area (Å²) in [4.78, 5) is 38.3. The van der Waals surface area contributed by atoms with E-state index in [2.05, 4.69) is 22.4 Å². The maximum Gasteiger partial charge on any atom is 0.348 e. The van der Waals surface area contributed by atoms with Crippen LogP contribution in [0, 0.1) is 20.8 Å².